The molecule has 2 aromatic carbocycles. The fourth-order valence-corrected chi connectivity index (χ4v) is 2.64. The number of anilines is 1. The van der Waals surface area contributed by atoms with Gasteiger partial charge in [-0.05, 0) is 35.2 Å². The van der Waals surface area contributed by atoms with Crippen LogP contribution in [-0.4, -0.2) is 5.91 Å². The van der Waals surface area contributed by atoms with Gasteiger partial charge in [-0.2, -0.15) is 0 Å². The Morgan fingerprint density at radius 3 is 2.60 bits per heavy atom. The third-order valence-electron chi connectivity index (χ3n) is 3.42. The Balaban J connectivity index is 1.99. The Morgan fingerprint density at radius 1 is 1.00 bits per heavy atom. The lowest BCUT2D eigenvalue weighted by Gasteiger charge is -2.19. The Kier molecular flexibility index (Phi) is 3.57. The minimum atomic E-state index is 0.0674. The average Bonchev–Trinajstić information content (AvgIpc) is 2.47. The summed E-state index contributed by atoms with van der Waals surface area (Å²) in [4.78, 5) is 11.4. The van der Waals surface area contributed by atoms with Crippen molar-refractivity contribution in [3.8, 4) is 0 Å². The third kappa shape index (κ3) is 2.61. The number of amides is 1. The Morgan fingerprint density at radius 2 is 1.80 bits per heavy atom. The zero-order valence-corrected chi connectivity index (χ0v) is 11.7. The summed E-state index contributed by atoms with van der Waals surface area (Å²) in [5.74, 6) is 0.0674. The molecule has 1 heterocycles. The first-order chi connectivity index (χ1) is 9.74. The lowest BCUT2D eigenvalue weighted by Crippen LogP contribution is -2.19. The molecule has 1 N–H and O–H groups in total. The molecule has 0 saturated carbocycles. The van der Waals surface area contributed by atoms with Crippen LogP contribution in [0.5, 0.6) is 0 Å². The summed E-state index contributed by atoms with van der Waals surface area (Å²) in [6.45, 7) is 0. The van der Waals surface area contributed by atoms with Gasteiger partial charge in [0.2, 0.25) is 5.91 Å². The zero-order chi connectivity index (χ0) is 13.9. The SMILES string of the molecule is O=C1CCc2c(ccc(Cl)c2C=Cc2ccccc2)N1. The number of rotatable bonds is 2. The molecule has 0 aliphatic carbocycles. The lowest BCUT2D eigenvalue weighted by atomic mass is 9.96. The van der Waals surface area contributed by atoms with Crippen molar-refractivity contribution >= 4 is 35.3 Å². The Bertz CT molecular complexity index is 677. The van der Waals surface area contributed by atoms with Crippen LogP contribution in [0.1, 0.15) is 23.1 Å². The van der Waals surface area contributed by atoms with E-state index in [1.54, 1.807) is 0 Å². The number of hydrogen-bond donors (Lipinski definition) is 1. The van der Waals surface area contributed by atoms with E-state index >= 15 is 0 Å². The van der Waals surface area contributed by atoms with Crippen LogP contribution in [0, 0.1) is 0 Å². The van der Waals surface area contributed by atoms with E-state index in [1.165, 1.54) is 0 Å². The molecule has 2 nitrogen and oxygen atoms in total. The first-order valence-corrected chi connectivity index (χ1v) is 6.96. The maximum atomic E-state index is 11.4. The van der Waals surface area contributed by atoms with Crippen molar-refractivity contribution in [2.75, 3.05) is 5.32 Å². The Hall–Kier alpha value is -2.06. The zero-order valence-electron chi connectivity index (χ0n) is 10.9. The van der Waals surface area contributed by atoms with E-state index in [2.05, 4.69) is 5.32 Å². The summed E-state index contributed by atoms with van der Waals surface area (Å²) in [7, 11) is 0. The van der Waals surface area contributed by atoms with Crippen LogP contribution < -0.4 is 5.32 Å². The first kappa shape index (κ1) is 12.9. The van der Waals surface area contributed by atoms with Gasteiger partial charge in [-0.15, -0.1) is 0 Å². The standard InChI is InChI=1S/C17H14ClNO/c18-15-9-10-16-14(8-11-17(20)19-16)13(15)7-6-12-4-2-1-3-5-12/h1-7,9-10H,8,11H2,(H,19,20). The molecule has 3 rings (SSSR count). The van der Waals surface area contributed by atoms with Gasteiger partial charge >= 0.3 is 0 Å². The summed E-state index contributed by atoms with van der Waals surface area (Å²) in [6, 6.07) is 13.8. The number of fused-ring (bicyclic) bond motifs is 1. The van der Waals surface area contributed by atoms with Gasteiger partial charge < -0.3 is 5.32 Å². The van der Waals surface area contributed by atoms with Gasteiger partial charge in [0.25, 0.3) is 0 Å². The van der Waals surface area contributed by atoms with Crippen molar-refractivity contribution in [1.29, 1.82) is 0 Å². The van der Waals surface area contributed by atoms with E-state index in [-0.39, 0.29) is 5.91 Å². The maximum absolute atomic E-state index is 11.4. The third-order valence-corrected chi connectivity index (χ3v) is 3.75. The van der Waals surface area contributed by atoms with Crippen molar-refractivity contribution in [3.63, 3.8) is 0 Å². The van der Waals surface area contributed by atoms with Crippen LogP contribution in [0.4, 0.5) is 5.69 Å². The molecule has 3 heteroatoms. The number of carbonyl (C=O) groups excluding carboxylic acids is 1. The number of halogens is 1. The molecule has 0 atom stereocenters. The van der Waals surface area contributed by atoms with Crippen LogP contribution in [-0.2, 0) is 11.2 Å². The number of carbonyl (C=O) groups is 1. The van der Waals surface area contributed by atoms with Gasteiger partial charge in [0.1, 0.15) is 0 Å². The van der Waals surface area contributed by atoms with Gasteiger partial charge in [0.05, 0.1) is 0 Å². The highest BCUT2D eigenvalue weighted by atomic mass is 35.5. The smallest absolute Gasteiger partial charge is 0.224 e. The summed E-state index contributed by atoms with van der Waals surface area (Å²) in [5, 5.41) is 3.61. The second kappa shape index (κ2) is 5.51. The van der Waals surface area contributed by atoms with Crippen molar-refractivity contribution in [2.24, 2.45) is 0 Å². The molecule has 0 spiro atoms. The fourth-order valence-electron chi connectivity index (χ4n) is 2.40. The van der Waals surface area contributed by atoms with E-state index in [9.17, 15) is 4.79 Å². The van der Waals surface area contributed by atoms with Gasteiger partial charge in [-0.25, -0.2) is 0 Å². The van der Waals surface area contributed by atoms with Gasteiger partial charge in [0.15, 0.2) is 0 Å². The molecule has 2 aromatic rings. The topological polar surface area (TPSA) is 29.1 Å². The highest BCUT2D eigenvalue weighted by molar-refractivity contribution is 6.32. The normalized spacial score (nSPS) is 14.2. The van der Waals surface area contributed by atoms with Crippen LogP contribution in [0.2, 0.25) is 5.02 Å². The molecule has 0 saturated heterocycles. The van der Waals surface area contributed by atoms with Crippen LogP contribution in [0.3, 0.4) is 0 Å². The minimum Gasteiger partial charge on any atom is -0.326 e. The molecule has 0 aromatic heterocycles. The monoisotopic (exact) mass is 283 g/mol. The Labute approximate surface area is 123 Å². The molecular weight excluding hydrogens is 270 g/mol. The summed E-state index contributed by atoms with van der Waals surface area (Å²) in [5.41, 5.74) is 4.11. The molecule has 0 fully saturated rings. The quantitative estimate of drug-likeness (QED) is 0.814. The molecule has 1 amide bonds. The van der Waals surface area contributed by atoms with Crippen LogP contribution in [0.15, 0.2) is 42.5 Å². The molecule has 20 heavy (non-hydrogen) atoms. The minimum absolute atomic E-state index is 0.0674. The molecule has 100 valence electrons. The highest BCUT2D eigenvalue weighted by Gasteiger charge is 2.18. The molecule has 1 aliphatic rings. The van der Waals surface area contributed by atoms with Crippen LogP contribution >= 0.6 is 11.6 Å². The van der Waals surface area contributed by atoms with E-state index in [1.807, 2.05) is 54.6 Å². The predicted octanol–water partition coefficient (Wildman–Crippen LogP) is 4.40. The van der Waals surface area contributed by atoms with Crippen molar-refractivity contribution in [3.05, 3.63) is 64.2 Å². The molecule has 0 radical (unpaired) electrons. The second-order valence-electron chi connectivity index (χ2n) is 4.78. The number of benzene rings is 2. The summed E-state index contributed by atoms with van der Waals surface area (Å²) >= 11 is 6.30. The molecule has 0 bridgehead atoms. The summed E-state index contributed by atoms with van der Waals surface area (Å²) in [6.07, 6.45) is 5.31. The van der Waals surface area contributed by atoms with Crippen molar-refractivity contribution in [1.82, 2.24) is 0 Å². The van der Waals surface area contributed by atoms with Gasteiger partial charge in [-0.3, -0.25) is 4.79 Å². The predicted molar refractivity (Wildman–Crippen MR) is 83.8 cm³/mol. The van der Waals surface area contributed by atoms with E-state index in [0.29, 0.717) is 11.4 Å². The van der Waals surface area contributed by atoms with Crippen molar-refractivity contribution in [2.45, 2.75) is 12.8 Å². The van der Waals surface area contributed by atoms with Gasteiger partial charge in [0, 0.05) is 17.1 Å². The van der Waals surface area contributed by atoms with Crippen molar-refractivity contribution < 1.29 is 4.79 Å². The highest BCUT2D eigenvalue weighted by Crippen LogP contribution is 2.32. The number of nitrogens with one attached hydrogen (secondary N) is 1. The maximum Gasteiger partial charge on any atom is 0.224 e. The first-order valence-electron chi connectivity index (χ1n) is 6.58. The fraction of sp³-hybridized carbons (Fsp3) is 0.118. The largest absolute Gasteiger partial charge is 0.326 e. The number of hydrogen-bond acceptors (Lipinski definition) is 1. The second-order valence-corrected chi connectivity index (χ2v) is 5.19. The van der Waals surface area contributed by atoms with Crippen LogP contribution in [0.25, 0.3) is 12.2 Å². The average molecular weight is 284 g/mol. The molecule has 1 aliphatic heterocycles. The molecule has 0 unspecified atom stereocenters. The molecular formula is C17H14ClNO. The summed E-state index contributed by atoms with van der Waals surface area (Å²) < 4.78 is 0. The van der Waals surface area contributed by atoms with E-state index < -0.39 is 0 Å². The van der Waals surface area contributed by atoms with E-state index in [0.717, 1.165) is 28.8 Å². The van der Waals surface area contributed by atoms with E-state index in [4.69, 9.17) is 11.6 Å². The van der Waals surface area contributed by atoms with Gasteiger partial charge in [-0.1, -0.05) is 54.1 Å². The lowest BCUT2D eigenvalue weighted by molar-refractivity contribution is -0.116.